The van der Waals surface area contributed by atoms with Crippen LogP contribution in [0.15, 0.2) is 77.9 Å². The first-order valence-electron chi connectivity index (χ1n) is 8.44. The van der Waals surface area contributed by atoms with Crippen LogP contribution in [0.25, 0.3) is 0 Å². The Balaban J connectivity index is 1.49. The summed E-state index contributed by atoms with van der Waals surface area (Å²) in [4.78, 5) is 1.26. The van der Waals surface area contributed by atoms with Gasteiger partial charge in [-0.1, -0.05) is 48.6 Å². The fourth-order valence-corrected chi connectivity index (χ4v) is 3.76. The van der Waals surface area contributed by atoms with Crippen molar-refractivity contribution in [1.29, 1.82) is 0 Å². The van der Waals surface area contributed by atoms with E-state index >= 15 is 0 Å². The molecule has 1 nitrogen and oxygen atoms in total. The number of benzene rings is 1. The molecule has 1 aromatic rings. The summed E-state index contributed by atoms with van der Waals surface area (Å²) in [5.74, 6) is 1.20. The summed E-state index contributed by atoms with van der Waals surface area (Å²) >= 11 is 1.68. The molecule has 2 atom stereocenters. The van der Waals surface area contributed by atoms with Crippen molar-refractivity contribution in [2.24, 2.45) is 11.8 Å². The molecular formula is C21H25NS. The van der Waals surface area contributed by atoms with Crippen LogP contribution in [0.1, 0.15) is 31.2 Å². The molecule has 1 aromatic carbocycles. The third-order valence-electron chi connectivity index (χ3n) is 4.62. The summed E-state index contributed by atoms with van der Waals surface area (Å²) < 4.78 is 3.41. The summed E-state index contributed by atoms with van der Waals surface area (Å²) in [6.45, 7) is 8.02. The smallest absolute Gasteiger partial charge is 0.0287 e. The Morgan fingerprint density at radius 2 is 2.26 bits per heavy atom. The van der Waals surface area contributed by atoms with Gasteiger partial charge in [-0.2, -0.15) is 0 Å². The third-order valence-corrected chi connectivity index (χ3v) is 5.48. The van der Waals surface area contributed by atoms with Crippen LogP contribution in [-0.4, -0.2) is 0 Å². The molecule has 0 radical (unpaired) electrons. The molecule has 120 valence electrons. The van der Waals surface area contributed by atoms with Gasteiger partial charge in [0.1, 0.15) is 0 Å². The van der Waals surface area contributed by atoms with E-state index in [0.29, 0.717) is 11.8 Å². The Morgan fingerprint density at radius 1 is 1.35 bits per heavy atom. The summed E-state index contributed by atoms with van der Waals surface area (Å²) in [6, 6.07) is 8.84. The van der Waals surface area contributed by atoms with Crippen molar-refractivity contribution < 1.29 is 0 Å². The first-order valence-corrected chi connectivity index (χ1v) is 9.25. The van der Waals surface area contributed by atoms with Gasteiger partial charge in [-0.3, -0.25) is 0 Å². The number of allylic oxidation sites excluding steroid dienone is 6. The molecule has 0 saturated heterocycles. The van der Waals surface area contributed by atoms with E-state index in [2.05, 4.69) is 60.4 Å². The summed E-state index contributed by atoms with van der Waals surface area (Å²) in [7, 11) is 0. The van der Waals surface area contributed by atoms with Gasteiger partial charge in [0.25, 0.3) is 0 Å². The SMILES string of the molecule is C=CC1CC1C(=C)NSc1cccc(CCC2=CC=CCC2)c1. The second-order valence-electron chi connectivity index (χ2n) is 6.41. The predicted molar refractivity (Wildman–Crippen MR) is 101 cm³/mol. The summed E-state index contributed by atoms with van der Waals surface area (Å²) in [6.07, 6.45) is 14.7. The zero-order chi connectivity index (χ0) is 16.1. The van der Waals surface area contributed by atoms with E-state index < -0.39 is 0 Å². The van der Waals surface area contributed by atoms with Crippen molar-refractivity contribution in [1.82, 2.24) is 4.72 Å². The minimum absolute atomic E-state index is 0.578. The average molecular weight is 324 g/mol. The second kappa shape index (κ2) is 7.74. The summed E-state index contributed by atoms with van der Waals surface area (Å²) in [5.41, 5.74) is 4.11. The predicted octanol–water partition coefficient (Wildman–Crippen LogP) is 5.83. The van der Waals surface area contributed by atoms with Crippen molar-refractivity contribution in [3.8, 4) is 0 Å². The van der Waals surface area contributed by atoms with Crippen LogP contribution in [0.5, 0.6) is 0 Å². The lowest BCUT2D eigenvalue weighted by Gasteiger charge is -2.11. The van der Waals surface area contributed by atoms with Crippen LogP contribution in [0.3, 0.4) is 0 Å². The monoisotopic (exact) mass is 323 g/mol. The van der Waals surface area contributed by atoms with E-state index in [1.165, 1.54) is 36.1 Å². The number of hydrogen-bond acceptors (Lipinski definition) is 2. The molecule has 2 unspecified atom stereocenters. The van der Waals surface area contributed by atoms with Gasteiger partial charge < -0.3 is 4.72 Å². The fraction of sp³-hybridized carbons (Fsp3) is 0.333. The van der Waals surface area contributed by atoms with Crippen molar-refractivity contribution in [2.75, 3.05) is 0 Å². The maximum atomic E-state index is 4.16. The van der Waals surface area contributed by atoms with Crippen LogP contribution in [0.2, 0.25) is 0 Å². The van der Waals surface area contributed by atoms with Gasteiger partial charge in [-0.15, -0.1) is 6.58 Å². The Hall–Kier alpha value is -1.67. The molecule has 1 fully saturated rings. The van der Waals surface area contributed by atoms with Crippen LogP contribution >= 0.6 is 11.9 Å². The third kappa shape index (κ3) is 4.65. The van der Waals surface area contributed by atoms with Crippen molar-refractivity contribution >= 4 is 11.9 Å². The lowest BCUT2D eigenvalue weighted by atomic mass is 9.98. The van der Waals surface area contributed by atoms with E-state index in [4.69, 9.17) is 0 Å². The highest BCUT2D eigenvalue weighted by molar-refractivity contribution is 7.97. The molecule has 1 saturated carbocycles. The Kier molecular flexibility index (Phi) is 5.45. The van der Waals surface area contributed by atoms with Crippen LogP contribution in [-0.2, 0) is 6.42 Å². The largest absolute Gasteiger partial charge is 0.330 e. The first-order chi connectivity index (χ1) is 11.3. The maximum absolute atomic E-state index is 4.16. The lowest BCUT2D eigenvalue weighted by molar-refractivity contribution is 0.838. The molecule has 3 rings (SSSR count). The number of hydrogen-bond donors (Lipinski definition) is 1. The molecule has 0 bridgehead atoms. The number of rotatable bonds is 8. The second-order valence-corrected chi connectivity index (χ2v) is 7.29. The molecular weight excluding hydrogens is 298 g/mol. The van der Waals surface area contributed by atoms with Gasteiger partial charge in [0.05, 0.1) is 0 Å². The first kappa shape index (κ1) is 16.2. The Morgan fingerprint density at radius 3 is 3.00 bits per heavy atom. The van der Waals surface area contributed by atoms with Crippen LogP contribution in [0.4, 0.5) is 0 Å². The molecule has 2 heteroatoms. The zero-order valence-corrected chi connectivity index (χ0v) is 14.4. The normalized spacial score (nSPS) is 22.3. The molecule has 2 aliphatic rings. The average Bonchev–Trinajstić information content (AvgIpc) is 3.39. The number of aryl methyl sites for hydroxylation is 1. The van der Waals surface area contributed by atoms with Gasteiger partial charge in [0, 0.05) is 16.5 Å². The molecule has 0 aromatic heterocycles. The van der Waals surface area contributed by atoms with Crippen LogP contribution in [0, 0.1) is 11.8 Å². The van der Waals surface area contributed by atoms with Crippen molar-refractivity contribution in [2.45, 2.75) is 37.0 Å². The lowest BCUT2D eigenvalue weighted by Crippen LogP contribution is -2.04. The molecule has 0 heterocycles. The number of nitrogens with one attached hydrogen (secondary N) is 1. The fourth-order valence-electron chi connectivity index (χ4n) is 3.01. The molecule has 2 aliphatic carbocycles. The quantitative estimate of drug-likeness (QED) is 0.477. The molecule has 1 N–H and O–H groups in total. The molecule has 0 spiro atoms. The van der Waals surface area contributed by atoms with E-state index in [-0.39, 0.29) is 0 Å². The Labute approximate surface area is 144 Å². The maximum Gasteiger partial charge on any atom is 0.0287 e. The van der Waals surface area contributed by atoms with Crippen LogP contribution < -0.4 is 4.72 Å². The highest BCUT2D eigenvalue weighted by Crippen LogP contribution is 2.44. The summed E-state index contributed by atoms with van der Waals surface area (Å²) in [5, 5.41) is 0. The van der Waals surface area contributed by atoms with Gasteiger partial charge in [-0.25, -0.2) is 0 Å². The minimum atomic E-state index is 0.578. The zero-order valence-electron chi connectivity index (χ0n) is 13.6. The standard InChI is InChI=1S/C21H25NS/c1-3-19-15-21(19)16(2)22-23-20-11-7-10-18(14-20)13-12-17-8-5-4-6-9-17/h3-5,7-8,10-11,14,19,21-22H,1-2,6,9,12-13,15H2. The van der Waals surface area contributed by atoms with Crippen molar-refractivity contribution in [3.05, 3.63) is 78.6 Å². The van der Waals surface area contributed by atoms with E-state index in [1.54, 1.807) is 17.5 Å². The van der Waals surface area contributed by atoms with Gasteiger partial charge >= 0.3 is 0 Å². The topological polar surface area (TPSA) is 12.0 Å². The molecule has 0 amide bonds. The van der Waals surface area contributed by atoms with Crippen molar-refractivity contribution in [3.63, 3.8) is 0 Å². The van der Waals surface area contributed by atoms with Gasteiger partial charge in [-0.05, 0) is 67.7 Å². The highest BCUT2D eigenvalue weighted by Gasteiger charge is 2.36. The van der Waals surface area contributed by atoms with E-state index in [0.717, 1.165) is 12.1 Å². The van der Waals surface area contributed by atoms with E-state index in [9.17, 15) is 0 Å². The minimum Gasteiger partial charge on any atom is -0.330 e. The van der Waals surface area contributed by atoms with Gasteiger partial charge in [0.2, 0.25) is 0 Å². The highest BCUT2D eigenvalue weighted by atomic mass is 32.2. The Bertz CT molecular complexity index is 641. The van der Waals surface area contributed by atoms with Gasteiger partial charge in [0.15, 0.2) is 0 Å². The molecule has 0 aliphatic heterocycles. The molecule has 23 heavy (non-hydrogen) atoms. The van der Waals surface area contributed by atoms with E-state index in [1.807, 2.05) is 6.08 Å².